The number of hydrogen-bond acceptors (Lipinski definition) is 7. The highest BCUT2D eigenvalue weighted by Crippen LogP contribution is 2.20. The lowest BCUT2D eigenvalue weighted by Gasteiger charge is -2.12. The third kappa shape index (κ3) is 5.63. The second-order valence-corrected chi connectivity index (χ2v) is 8.55. The van der Waals surface area contributed by atoms with Crippen molar-refractivity contribution in [3.05, 3.63) is 123 Å². The molecule has 0 aliphatic rings. The number of amides is 1. The number of thiocarbonyl (C=S) groups is 1. The molecule has 0 saturated heterocycles. The molecule has 0 atom stereocenters. The lowest BCUT2D eigenvalue weighted by molar-refractivity contribution is 0.0977. The van der Waals surface area contributed by atoms with Crippen LogP contribution < -0.4 is 26.6 Å². The predicted molar refractivity (Wildman–Crippen MR) is 147 cm³/mol. The van der Waals surface area contributed by atoms with Gasteiger partial charge in [-0.3, -0.25) is 19.5 Å². The van der Waals surface area contributed by atoms with Gasteiger partial charge in [0.2, 0.25) is 0 Å². The highest BCUT2D eigenvalue weighted by molar-refractivity contribution is 7.80. The molecule has 3 aromatic carbocycles. The number of rotatable bonds is 6. The van der Waals surface area contributed by atoms with E-state index in [2.05, 4.69) is 25.6 Å². The number of benzene rings is 3. The number of carbonyl (C=O) groups excluding carboxylic acids is 1. The molecule has 5 aromatic rings. The molecule has 0 aliphatic carbocycles. The van der Waals surface area contributed by atoms with E-state index < -0.39 is 11.2 Å². The zero-order valence-corrected chi connectivity index (χ0v) is 20.6. The largest absolute Gasteiger partial charge is 0.424 e. The van der Waals surface area contributed by atoms with E-state index in [0.29, 0.717) is 28.1 Å². The zero-order chi connectivity index (χ0) is 26.5. The van der Waals surface area contributed by atoms with Gasteiger partial charge in [-0.25, -0.2) is 14.8 Å². The topological polar surface area (TPSA) is 131 Å². The first-order valence-corrected chi connectivity index (χ1v) is 11.9. The van der Waals surface area contributed by atoms with Crippen molar-refractivity contribution >= 4 is 39.8 Å². The maximum Gasteiger partial charge on any atom is 0.329 e. The summed E-state index contributed by atoms with van der Waals surface area (Å²) in [5.74, 6) is 0.0207. The summed E-state index contributed by atoms with van der Waals surface area (Å²) in [4.78, 5) is 49.1. The van der Waals surface area contributed by atoms with Gasteiger partial charge in [-0.15, -0.1) is 0 Å². The molecule has 2 aromatic heterocycles. The minimum atomic E-state index is -0.549. The summed E-state index contributed by atoms with van der Waals surface area (Å²) in [5.41, 5.74) is 1.09. The molecule has 1 amide bonds. The van der Waals surface area contributed by atoms with Gasteiger partial charge in [0.25, 0.3) is 11.5 Å². The first-order chi connectivity index (χ1) is 18.5. The Labute approximate surface area is 221 Å². The van der Waals surface area contributed by atoms with Crippen molar-refractivity contribution in [2.75, 3.05) is 5.32 Å². The SMILES string of the molecule is O=C(NC(=S)Nc1cccc(Cn2c(=O)[nH]c3ccc(Oc4ncccn4)cc3c2=O)c1)c1ccccc1. The smallest absolute Gasteiger partial charge is 0.329 e. The van der Waals surface area contributed by atoms with Crippen LogP contribution in [0.2, 0.25) is 0 Å². The highest BCUT2D eigenvalue weighted by atomic mass is 32.1. The molecule has 0 saturated carbocycles. The van der Waals surface area contributed by atoms with Crippen LogP contribution in [0, 0.1) is 0 Å². The number of nitrogens with one attached hydrogen (secondary N) is 3. The number of nitrogens with zero attached hydrogens (tertiary/aromatic N) is 3. The van der Waals surface area contributed by atoms with E-state index in [0.717, 1.165) is 4.57 Å². The second-order valence-electron chi connectivity index (χ2n) is 8.14. The Kier molecular flexibility index (Phi) is 7.00. The molecule has 2 heterocycles. The van der Waals surface area contributed by atoms with Gasteiger partial charge in [0, 0.05) is 23.6 Å². The van der Waals surface area contributed by atoms with E-state index in [1.807, 2.05) is 6.07 Å². The monoisotopic (exact) mass is 524 g/mol. The number of ether oxygens (including phenoxy) is 1. The molecule has 0 spiro atoms. The van der Waals surface area contributed by atoms with Crippen molar-refractivity contribution in [1.82, 2.24) is 24.8 Å². The summed E-state index contributed by atoms with van der Waals surface area (Å²) >= 11 is 5.26. The van der Waals surface area contributed by atoms with E-state index in [9.17, 15) is 14.4 Å². The van der Waals surface area contributed by atoms with E-state index >= 15 is 0 Å². The van der Waals surface area contributed by atoms with Crippen LogP contribution >= 0.6 is 12.2 Å². The summed E-state index contributed by atoms with van der Waals surface area (Å²) in [5, 5.41) is 5.97. The quantitative estimate of drug-likeness (QED) is 0.288. The van der Waals surface area contributed by atoms with E-state index in [4.69, 9.17) is 17.0 Å². The van der Waals surface area contributed by atoms with Crippen molar-refractivity contribution in [3.8, 4) is 11.8 Å². The van der Waals surface area contributed by atoms with Gasteiger partial charge in [0.05, 0.1) is 17.4 Å². The molecular weight excluding hydrogens is 504 g/mol. The molecule has 10 nitrogen and oxygen atoms in total. The van der Waals surface area contributed by atoms with Gasteiger partial charge >= 0.3 is 11.7 Å². The number of hydrogen-bond donors (Lipinski definition) is 3. The Hall–Kier alpha value is -5.16. The fraction of sp³-hybridized carbons (Fsp3) is 0.0370. The summed E-state index contributed by atoms with van der Waals surface area (Å²) in [6.07, 6.45) is 3.08. The Morgan fingerprint density at radius 1 is 0.947 bits per heavy atom. The molecule has 3 N–H and O–H groups in total. The number of fused-ring (bicyclic) bond motifs is 1. The number of anilines is 1. The third-order valence-corrected chi connectivity index (χ3v) is 5.70. The predicted octanol–water partition coefficient (Wildman–Crippen LogP) is 3.45. The molecule has 0 radical (unpaired) electrons. The number of H-pyrrole nitrogens is 1. The number of aromatic nitrogens is 4. The van der Waals surface area contributed by atoms with Crippen molar-refractivity contribution in [3.63, 3.8) is 0 Å². The van der Waals surface area contributed by atoms with E-state index in [1.54, 1.807) is 79.1 Å². The molecular formula is C27H20N6O4S. The molecule has 0 unspecified atom stereocenters. The molecule has 0 fully saturated rings. The second kappa shape index (κ2) is 10.8. The molecule has 38 heavy (non-hydrogen) atoms. The van der Waals surface area contributed by atoms with Crippen LogP contribution in [0.15, 0.2) is 101 Å². The zero-order valence-electron chi connectivity index (χ0n) is 19.8. The molecule has 5 rings (SSSR count). The first kappa shape index (κ1) is 24.5. The molecule has 11 heteroatoms. The summed E-state index contributed by atoms with van der Waals surface area (Å²) in [6, 6.07) is 22.3. The average molecular weight is 525 g/mol. The maximum atomic E-state index is 13.2. The van der Waals surface area contributed by atoms with Crippen LogP contribution in [0.3, 0.4) is 0 Å². The Balaban J connectivity index is 1.35. The van der Waals surface area contributed by atoms with Crippen molar-refractivity contribution in [2.24, 2.45) is 0 Å². The van der Waals surface area contributed by atoms with Crippen LogP contribution in [0.1, 0.15) is 15.9 Å². The van der Waals surface area contributed by atoms with Crippen LogP contribution in [0.5, 0.6) is 11.8 Å². The fourth-order valence-electron chi connectivity index (χ4n) is 3.74. The van der Waals surface area contributed by atoms with E-state index in [-0.39, 0.29) is 29.0 Å². The Morgan fingerprint density at radius 2 is 1.74 bits per heavy atom. The lowest BCUT2D eigenvalue weighted by atomic mass is 10.2. The van der Waals surface area contributed by atoms with Crippen LogP contribution in [-0.2, 0) is 6.54 Å². The fourth-order valence-corrected chi connectivity index (χ4v) is 3.95. The van der Waals surface area contributed by atoms with Crippen LogP contribution in [-0.4, -0.2) is 30.5 Å². The molecule has 188 valence electrons. The first-order valence-electron chi connectivity index (χ1n) is 11.4. The van der Waals surface area contributed by atoms with E-state index in [1.165, 1.54) is 6.07 Å². The van der Waals surface area contributed by atoms with Gasteiger partial charge in [-0.1, -0.05) is 30.3 Å². The standard InChI is InChI=1S/C27H20N6O4S/c34-23(18-7-2-1-3-8-18)32-26(38)30-19-9-4-6-17(14-19)16-33-24(35)21-15-20(10-11-22(21)31-27(33)36)37-25-28-12-5-13-29-25/h1-15H,16H2,(H,31,36)(H2,30,32,34,38). The van der Waals surface area contributed by atoms with Gasteiger partial charge < -0.3 is 15.0 Å². The minimum Gasteiger partial charge on any atom is -0.424 e. The lowest BCUT2D eigenvalue weighted by Crippen LogP contribution is -2.35. The Morgan fingerprint density at radius 3 is 2.53 bits per heavy atom. The van der Waals surface area contributed by atoms with Crippen molar-refractivity contribution in [2.45, 2.75) is 6.54 Å². The summed E-state index contributed by atoms with van der Waals surface area (Å²) in [7, 11) is 0. The molecule has 0 bridgehead atoms. The Bertz CT molecular complexity index is 1750. The number of carbonyl (C=O) groups is 1. The van der Waals surface area contributed by atoms with Crippen LogP contribution in [0.4, 0.5) is 5.69 Å². The average Bonchev–Trinajstić information content (AvgIpc) is 2.92. The van der Waals surface area contributed by atoms with Crippen LogP contribution in [0.25, 0.3) is 10.9 Å². The third-order valence-electron chi connectivity index (χ3n) is 5.49. The van der Waals surface area contributed by atoms with Crippen molar-refractivity contribution < 1.29 is 9.53 Å². The summed E-state index contributed by atoms with van der Waals surface area (Å²) < 4.78 is 6.72. The normalized spacial score (nSPS) is 10.6. The minimum absolute atomic E-state index is 0.00957. The van der Waals surface area contributed by atoms with Gasteiger partial charge in [-0.05, 0) is 66.3 Å². The maximum absolute atomic E-state index is 13.2. The van der Waals surface area contributed by atoms with Crippen molar-refractivity contribution in [1.29, 1.82) is 0 Å². The molecule has 0 aliphatic heterocycles. The number of aromatic amines is 1. The van der Waals surface area contributed by atoms with Gasteiger partial charge in [0.1, 0.15) is 5.75 Å². The highest BCUT2D eigenvalue weighted by Gasteiger charge is 2.12. The van der Waals surface area contributed by atoms with Gasteiger partial charge in [-0.2, -0.15) is 0 Å². The van der Waals surface area contributed by atoms with Gasteiger partial charge in [0.15, 0.2) is 5.11 Å². The summed E-state index contributed by atoms with van der Waals surface area (Å²) in [6.45, 7) is 0.00957.